The molecule has 0 unspecified atom stereocenters. The largest absolute Gasteiger partial charge is 2.00 e. The first-order valence-corrected chi connectivity index (χ1v) is 1.47. The Bertz CT molecular complexity index is 44.1. The van der Waals surface area contributed by atoms with Crippen LogP contribution in [0, 0.1) is 0 Å². The average molecular weight is 137 g/mol. The normalized spacial score (nSPS) is 6.17. The molecule has 0 rings (SSSR count). The van der Waals surface area contributed by atoms with Crippen molar-refractivity contribution in [2.75, 3.05) is 0 Å². The van der Waals surface area contributed by atoms with Crippen molar-refractivity contribution < 1.29 is 27.0 Å². The number of hydrogen-bond acceptors (Lipinski definition) is 2. The van der Waals surface area contributed by atoms with Crippen LogP contribution in [0.3, 0.4) is 0 Å². The van der Waals surface area contributed by atoms with Gasteiger partial charge in [0.25, 0.3) is 0 Å². The number of carboxylic acids is 1. The zero-order chi connectivity index (χ0) is 4.28. The fourth-order valence-electron chi connectivity index (χ4n) is 0. The predicted molar refractivity (Wildman–Crippen MR) is 15.3 cm³/mol. The average Bonchev–Trinajstić information content (AvgIpc) is 1.38. The summed E-state index contributed by atoms with van der Waals surface area (Å²) in [5.41, 5.74) is 0. The zero-order valence-electron chi connectivity index (χ0n) is 3.33. The van der Waals surface area contributed by atoms with Crippen molar-refractivity contribution in [1.82, 2.24) is 0 Å². The van der Waals surface area contributed by atoms with E-state index in [0.29, 0.717) is 0 Å². The van der Waals surface area contributed by atoms with Crippen LogP contribution in [0.15, 0.2) is 0 Å². The first-order chi connectivity index (χ1) is 2.27. The van der Waals surface area contributed by atoms with E-state index >= 15 is 0 Å². The van der Waals surface area contributed by atoms with Crippen LogP contribution in [0.1, 0.15) is 13.3 Å². The summed E-state index contributed by atoms with van der Waals surface area (Å²) in [5, 5.41) is 9.26. The van der Waals surface area contributed by atoms with Gasteiger partial charge in [0.05, 0.1) is 0 Å². The number of carbonyl (C=O) groups excluding carboxylic acids is 1. The molecular formula is C3H5CuO2+. The van der Waals surface area contributed by atoms with Crippen molar-refractivity contribution in [2.45, 2.75) is 13.3 Å². The number of carboxylic acid groups (broad SMARTS) is 1. The molecule has 3 heteroatoms. The molecule has 6 heavy (non-hydrogen) atoms. The van der Waals surface area contributed by atoms with Crippen molar-refractivity contribution in [2.24, 2.45) is 0 Å². The van der Waals surface area contributed by atoms with Crippen molar-refractivity contribution in [3.05, 3.63) is 0 Å². The topological polar surface area (TPSA) is 40.1 Å². The molecule has 0 atom stereocenters. The minimum atomic E-state index is -0.995. The standard InChI is InChI=1S/C3H6O2.Cu/c1-2-3(4)5;/h2H2,1H3,(H,4,5);/q;+2/p-1. The summed E-state index contributed by atoms with van der Waals surface area (Å²) in [7, 11) is 0. The molecule has 0 N–H and O–H groups in total. The van der Waals surface area contributed by atoms with Gasteiger partial charge in [-0.3, -0.25) is 0 Å². The molecule has 0 aromatic heterocycles. The summed E-state index contributed by atoms with van der Waals surface area (Å²) in [6.45, 7) is 1.54. The van der Waals surface area contributed by atoms with E-state index in [9.17, 15) is 9.90 Å². The van der Waals surface area contributed by atoms with Crippen molar-refractivity contribution in [3.8, 4) is 0 Å². The third kappa shape index (κ3) is 9.01. The SMILES string of the molecule is CCC(=O)[O-].[Cu+2]. The molecule has 0 bridgehead atoms. The number of hydrogen-bond donors (Lipinski definition) is 0. The van der Waals surface area contributed by atoms with Crippen molar-refractivity contribution in [1.29, 1.82) is 0 Å². The molecule has 0 amide bonds. The molecule has 0 saturated carbocycles. The number of carbonyl (C=O) groups is 1. The summed E-state index contributed by atoms with van der Waals surface area (Å²) in [5.74, 6) is -0.995. The molecule has 0 aliphatic heterocycles. The third-order valence-electron chi connectivity index (χ3n) is 0.289. The van der Waals surface area contributed by atoms with E-state index < -0.39 is 5.97 Å². The second kappa shape index (κ2) is 4.99. The Labute approximate surface area is 47.0 Å². The van der Waals surface area contributed by atoms with E-state index in [1.807, 2.05) is 0 Å². The van der Waals surface area contributed by atoms with Crippen LogP contribution < -0.4 is 5.11 Å². The Hall–Kier alpha value is -0.0105. The van der Waals surface area contributed by atoms with E-state index in [-0.39, 0.29) is 23.5 Å². The smallest absolute Gasteiger partial charge is 0.550 e. The molecule has 39 valence electrons. The Kier molecular flexibility index (Phi) is 7.79. The zero-order valence-corrected chi connectivity index (χ0v) is 4.27. The van der Waals surface area contributed by atoms with Gasteiger partial charge in [0, 0.05) is 5.97 Å². The summed E-state index contributed by atoms with van der Waals surface area (Å²) < 4.78 is 0. The molecule has 1 radical (unpaired) electrons. The van der Waals surface area contributed by atoms with E-state index in [0.717, 1.165) is 0 Å². The summed E-state index contributed by atoms with van der Waals surface area (Å²) in [6, 6.07) is 0. The number of aliphatic carboxylic acids is 1. The van der Waals surface area contributed by atoms with Crippen LogP contribution in [-0.4, -0.2) is 5.97 Å². The van der Waals surface area contributed by atoms with Gasteiger partial charge in [-0.2, -0.15) is 0 Å². The third-order valence-corrected chi connectivity index (χ3v) is 0.289. The van der Waals surface area contributed by atoms with Crippen LogP contribution in [0.25, 0.3) is 0 Å². The van der Waals surface area contributed by atoms with Gasteiger partial charge in [-0.15, -0.1) is 0 Å². The van der Waals surface area contributed by atoms with Crippen LogP contribution in [0.5, 0.6) is 0 Å². The van der Waals surface area contributed by atoms with Crippen LogP contribution in [0.4, 0.5) is 0 Å². The molecule has 0 aliphatic carbocycles. The molecule has 0 aromatic rings. The summed E-state index contributed by atoms with van der Waals surface area (Å²) in [6.07, 6.45) is 0.111. The van der Waals surface area contributed by atoms with Gasteiger partial charge < -0.3 is 9.90 Å². The molecular weight excluding hydrogens is 132 g/mol. The fraction of sp³-hybridized carbons (Fsp3) is 0.667. The Morgan fingerprint density at radius 1 is 1.83 bits per heavy atom. The van der Waals surface area contributed by atoms with E-state index in [1.165, 1.54) is 6.92 Å². The van der Waals surface area contributed by atoms with Gasteiger partial charge in [-0.05, 0) is 6.42 Å². The summed E-state index contributed by atoms with van der Waals surface area (Å²) in [4.78, 5) is 9.26. The number of rotatable bonds is 1. The molecule has 0 saturated heterocycles. The van der Waals surface area contributed by atoms with Gasteiger partial charge in [-0.25, -0.2) is 0 Å². The Morgan fingerprint density at radius 3 is 2.00 bits per heavy atom. The molecule has 2 nitrogen and oxygen atoms in total. The first kappa shape index (κ1) is 9.37. The molecule has 0 spiro atoms. The quantitative estimate of drug-likeness (QED) is 0.441. The molecule has 0 heterocycles. The second-order valence-electron chi connectivity index (χ2n) is 0.726. The van der Waals surface area contributed by atoms with Gasteiger partial charge in [0.2, 0.25) is 0 Å². The van der Waals surface area contributed by atoms with Crippen LogP contribution in [-0.2, 0) is 21.9 Å². The van der Waals surface area contributed by atoms with E-state index in [2.05, 4.69) is 0 Å². The van der Waals surface area contributed by atoms with Gasteiger partial charge >= 0.3 is 17.1 Å². The van der Waals surface area contributed by atoms with Gasteiger partial charge in [0.15, 0.2) is 0 Å². The first-order valence-electron chi connectivity index (χ1n) is 1.47. The van der Waals surface area contributed by atoms with Gasteiger partial charge in [-0.1, -0.05) is 6.92 Å². The molecule has 0 aliphatic rings. The maximum Gasteiger partial charge on any atom is 2.00 e. The molecule has 0 fully saturated rings. The maximum atomic E-state index is 9.26. The summed E-state index contributed by atoms with van der Waals surface area (Å²) >= 11 is 0. The van der Waals surface area contributed by atoms with Gasteiger partial charge in [0.1, 0.15) is 0 Å². The van der Waals surface area contributed by atoms with Crippen LogP contribution in [0.2, 0.25) is 0 Å². The minimum Gasteiger partial charge on any atom is -0.550 e. The predicted octanol–water partition coefficient (Wildman–Crippen LogP) is -0.856. The maximum absolute atomic E-state index is 9.26. The van der Waals surface area contributed by atoms with E-state index in [1.54, 1.807) is 0 Å². The van der Waals surface area contributed by atoms with E-state index in [4.69, 9.17) is 0 Å². The Morgan fingerprint density at radius 2 is 2.00 bits per heavy atom. The Balaban J connectivity index is 0. The van der Waals surface area contributed by atoms with Crippen molar-refractivity contribution in [3.63, 3.8) is 0 Å². The van der Waals surface area contributed by atoms with Crippen molar-refractivity contribution >= 4 is 5.97 Å². The second-order valence-corrected chi connectivity index (χ2v) is 0.726. The minimum absolute atomic E-state index is 0. The monoisotopic (exact) mass is 136 g/mol. The van der Waals surface area contributed by atoms with Crippen LogP contribution >= 0.6 is 0 Å². The molecule has 0 aromatic carbocycles. The fourth-order valence-corrected chi connectivity index (χ4v) is 0.